The zero-order valence-corrected chi connectivity index (χ0v) is 7.61. The van der Waals surface area contributed by atoms with Gasteiger partial charge in [0.1, 0.15) is 0 Å². The van der Waals surface area contributed by atoms with E-state index in [0.29, 0.717) is 0 Å². The molecule has 1 N–H and O–H groups in total. The Balaban J connectivity index is 2.89. The van der Waals surface area contributed by atoms with Crippen LogP contribution in [-0.2, 0) is 0 Å². The minimum atomic E-state index is 0.252. The molecule has 0 bridgehead atoms. The van der Waals surface area contributed by atoms with E-state index in [0.717, 1.165) is 5.69 Å². The first-order valence-electron chi connectivity index (χ1n) is 3.49. The molecule has 0 aliphatic carbocycles. The van der Waals surface area contributed by atoms with Crippen molar-refractivity contribution in [2.24, 2.45) is 0 Å². The molecule has 0 spiro atoms. The second-order valence-electron chi connectivity index (χ2n) is 2.30. The molecule has 11 heavy (non-hydrogen) atoms. The highest BCUT2D eigenvalue weighted by atomic mass is 32.1. The number of hydrogen-bond acceptors (Lipinski definition) is 3. The molecule has 0 saturated heterocycles. The SMILES string of the molecule is C=CC(NC)c1scnc1C. The summed E-state index contributed by atoms with van der Waals surface area (Å²) in [5.74, 6) is 0. The fraction of sp³-hybridized carbons (Fsp3) is 0.375. The molecule has 0 fully saturated rings. The molecule has 1 rings (SSSR count). The molecule has 0 saturated carbocycles. The van der Waals surface area contributed by atoms with E-state index < -0.39 is 0 Å². The number of hydrogen-bond donors (Lipinski definition) is 1. The Morgan fingerprint density at radius 2 is 2.55 bits per heavy atom. The highest BCUT2D eigenvalue weighted by Gasteiger charge is 2.09. The number of likely N-dealkylation sites (N-methyl/N-ethyl adjacent to an activating group) is 1. The molecular weight excluding hydrogens is 156 g/mol. The molecule has 1 unspecified atom stereocenters. The predicted octanol–water partition coefficient (Wildman–Crippen LogP) is 1.90. The van der Waals surface area contributed by atoms with Crippen molar-refractivity contribution in [3.63, 3.8) is 0 Å². The van der Waals surface area contributed by atoms with Crippen LogP contribution < -0.4 is 5.32 Å². The number of thiazole rings is 1. The quantitative estimate of drug-likeness (QED) is 0.697. The number of nitrogens with zero attached hydrogens (tertiary/aromatic N) is 1. The lowest BCUT2D eigenvalue weighted by Gasteiger charge is -2.08. The van der Waals surface area contributed by atoms with Gasteiger partial charge in [0.25, 0.3) is 0 Å². The first kappa shape index (κ1) is 8.43. The second kappa shape index (κ2) is 3.64. The summed E-state index contributed by atoms with van der Waals surface area (Å²) < 4.78 is 0. The summed E-state index contributed by atoms with van der Waals surface area (Å²) in [7, 11) is 1.92. The van der Waals surface area contributed by atoms with Gasteiger partial charge in [0.05, 0.1) is 17.2 Å². The Labute approximate surface area is 71.0 Å². The zero-order valence-electron chi connectivity index (χ0n) is 6.79. The molecule has 1 aromatic rings. The average Bonchev–Trinajstić information content (AvgIpc) is 2.40. The van der Waals surface area contributed by atoms with Crippen LogP contribution in [0.2, 0.25) is 0 Å². The lowest BCUT2D eigenvalue weighted by atomic mass is 10.2. The van der Waals surface area contributed by atoms with Crippen LogP contribution in [0.3, 0.4) is 0 Å². The van der Waals surface area contributed by atoms with Gasteiger partial charge in [-0.15, -0.1) is 17.9 Å². The molecule has 0 aromatic carbocycles. The van der Waals surface area contributed by atoms with E-state index >= 15 is 0 Å². The minimum absolute atomic E-state index is 0.252. The Hall–Kier alpha value is -0.670. The maximum absolute atomic E-state index is 4.16. The van der Waals surface area contributed by atoms with Gasteiger partial charge in [-0.2, -0.15) is 0 Å². The van der Waals surface area contributed by atoms with Crippen LogP contribution in [0.15, 0.2) is 18.2 Å². The molecule has 1 atom stereocenters. The van der Waals surface area contributed by atoms with E-state index in [1.54, 1.807) is 11.3 Å². The zero-order chi connectivity index (χ0) is 8.27. The van der Waals surface area contributed by atoms with E-state index in [-0.39, 0.29) is 6.04 Å². The first-order valence-corrected chi connectivity index (χ1v) is 4.37. The Morgan fingerprint density at radius 3 is 2.91 bits per heavy atom. The third-order valence-electron chi connectivity index (χ3n) is 1.61. The van der Waals surface area contributed by atoms with Crippen LogP contribution in [0.4, 0.5) is 0 Å². The van der Waals surface area contributed by atoms with Crippen molar-refractivity contribution in [3.8, 4) is 0 Å². The number of aromatic nitrogens is 1. The van der Waals surface area contributed by atoms with E-state index in [1.807, 2.05) is 25.6 Å². The molecule has 0 aliphatic heterocycles. The summed E-state index contributed by atoms with van der Waals surface area (Å²) in [6.07, 6.45) is 1.89. The van der Waals surface area contributed by atoms with Gasteiger partial charge in [0.2, 0.25) is 0 Å². The van der Waals surface area contributed by atoms with Gasteiger partial charge in [-0.3, -0.25) is 0 Å². The summed E-state index contributed by atoms with van der Waals surface area (Å²) in [6.45, 7) is 5.76. The number of nitrogens with one attached hydrogen (secondary N) is 1. The molecule has 1 aromatic heterocycles. The van der Waals surface area contributed by atoms with Crippen molar-refractivity contribution in [1.82, 2.24) is 10.3 Å². The van der Waals surface area contributed by atoms with Gasteiger partial charge in [-0.25, -0.2) is 4.98 Å². The third kappa shape index (κ3) is 1.67. The highest BCUT2D eigenvalue weighted by molar-refractivity contribution is 7.09. The van der Waals surface area contributed by atoms with Crippen molar-refractivity contribution in [1.29, 1.82) is 0 Å². The van der Waals surface area contributed by atoms with Gasteiger partial charge in [-0.05, 0) is 14.0 Å². The molecule has 3 heteroatoms. The molecular formula is C8H12N2S. The normalized spacial score (nSPS) is 12.9. The monoisotopic (exact) mass is 168 g/mol. The molecule has 0 radical (unpaired) electrons. The van der Waals surface area contributed by atoms with Crippen molar-refractivity contribution >= 4 is 11.3 Å². The van der Waals surface area contributed by atoms with E-state index in [9.17, 15) is 0 Å². The lowest BCUT2D eigenvalue weighted by Crippen LogP contribution is -2.12. The van der Waals surface area contributed by atoms with Gasteiger partial charge in [0.15, 0.2) is 0 Å². The third-order valence-corrected chi connectivity index (χ3v) is 2.63. The fourth-order valence-electron chi connectivity index (χ4n) is 0.965. The van der Waals surface area contributed by atoms with E-state index in [2.05, 4.69) is 16.9 Å². The van der Waals surface area contributed by atoms with Crippen LogP contribution in [0, 0.1) is 6.92 Å². The first-order chi connectivity index (χ1) is 5.29. The topological polar surface area (TPSA) is 24.9 Å². The Kier molecular flexibility index (Phi) is 2.79. The maximum Gasteiger partial charge on any atom is 0.0798 e. The number of rotatable bonds is 3. The van der Waals surface area contributed by atoms with E-state index in [4.69, 9.17) is 0 Å². The van der Waals surface area contributed by atoms with Gasteiger partial charge in [0, 0.05) is 4.88 Å². The highest BCUT2D eigenvalue weighted by Crippen LogP contribution is 2.21. The smallest absolute Gasteiger partial charge is 0.0798 e. The molecule has 2 nitrogen and oxygen atoms in total. The van der Waals surface area contributed by atoms with Gasteiger partial charge in [-0.1, -0.05) is 6.08 Å². The van der Waals surface area contributed by atoms with Gasteiger partial charge >= 0.3 is 0 Å². The van der Waals surface area contributed by atoms with Gasteiger partial charge < -0.3 is 5.32 Å². The molecule has 1 heterocycles. The van der Waals surface area contributed by atoms with Crippen LogP contribution in [0.5, 0.6) is 0 Å². The summed E-state index contributed by atoms with van der Waals surface area (Å²) in [4.78, 5) is 5.42. The Morgan fingerprint density at radius 1 is 1.82 bits per heavy atom. The Bertz CT molecular complexity index is 242. The summed E-state index contributed by atoms with van der Waals surface area (Å²) in [5.41, 5.74) is 2.95. The molecule has 0 amide bonds. The molecule has 60 valence electrons. The minimum Gasteiger partial charge on any atom is -0.309 e. The van der Waals surface area contributed by atoms with Crippen LogP contribution in [-0.4, -0.2) is 12.0 Å². The van der Waals surface area contributed by atoms with Crippen molar-refractivity contribution in [2.75, 3.05) is 7.05 Å². The average molecular weight is 168 g/mol. The maximum atomic E-state index is 4.16. The van der Waals surface area contributed by atoms with Crippen molar-refractivity contribution in [3.05, 3.63) is 28.7 Å². The standard InChI is InChI=1S/C8H12N2S/c1-4-7(9-3)8-6(2)10-5-11-8/h4-5,7,9H,1H2,2-3H3. The van der Waals surface area contributed by atoms with Crippen molar-refractivity contribution < 1.29 is 0 Å². The summed E-state index contributed by atoms with van der Waals surface area (Å²) in [6, 6.07) is 0.252. The van der Waals surface area contributed by atoms with E-state index in [1.165, 1.54) is 4.88 Å². The lowest BCUT2D eigenvalue weighted by molar-refractivity contribution is 0.722. The number of aryl methyl sites for hydroxylation is 1. The van der Waals surface area contributed by atoms with Crippen LogP contribution in [0.1, 0.15) is 16.6 Å². The van der Waals surface area contributed by atoms with Crippen LogP contribution in [0.25, 0.3) is 0 Å². The predicted molar refractivity (Wildman–Crippen MR) is 48.8 cm³/mol. The summed E-state index contributed by atoms with van der Waals surface area (Å²) in [5, 5.41) is 3.15. The largest absolute Gasteiger partial charge is 0.309 e. The second-order valence-corrected chi connectivity index (χ2v) is 3.19. The summed E-state index contributed by atoms with van der Waals surface area (Å²) >= 11 is 1.66. The molecule has 0 aliphatic rings. The van der Waals surface area contributed by atoms with Crippen molar-refractivity contribution in [2.45, 2.75) is 13.0 Å². The fourth-order valence-corrected chi connectivity index (χ4v) is 1.87. The van der Waals surface area contributed by atoms with Crippen LogP contribution >= 0.6 is 11.3 Å².